The standard InChI is InChI=1S/C14H13ClN2O2/c15-11-6-5-9(7-12(11)16)14(19)17-13-4-2-1-3-10(13)8-18/h1-7,18H,8,16H2,(H,17,19). The van der Waals surface area contributed by atoms with E-state index in [-0.39, 0.29) is 12.5 Å². The molecule has 0 spiro atoms. The summed E-state index contributed by atoms with van der Waals surface area (Å²) < 4.78 is 0. The van der Waals surface area contributed by atoms with E-state index in [1.54, 1.807) is 36.4 Å². The molecule has 2 aromatic carbocycles. The number of amides is 1. The highest BCUT2D eigenvalue weighted by Crippen LogP contribution is 2.21. The van der Waals surface area contributed by atoms with Crippen LogP contribution in [0.4, 0.5) is 11.4 Å². The van der Waals surface area contributed by atoms with Gasteiger partial charge in [0.25, 0.3) is 5.91 Å². The van der Waals surface area contributed by atoms with Gasteiger partial charge in [-0.1, -0.05) is 29.8 Å². The van der Waals surface area contributed by atoms with Crippen molar-refractivity contribution in [1.82, 2.24) is 0 Å². The first-order valence-corrected chi connectivity index (χ1v) is 6.04. The van der Waals surface area contributed by atoms with E-state index in [9.17, 15) is 9.90 Å². The summed E-state index contributed by atoms with van der Waals surface area (Å²) in [5.74, 6) is -0.302. The Morgan fingerprint density at radius 2 is 2.00 bits per heavy atom. The zero-order chi connectivity index (χ0) is 13.8. The van der Waals surface area contributed by atoms with Crippen molar-refractivity contribution in [2.45, 2.75) is 6.61 Å². The Morgan fingerprint density at radius 1 is 1.26 bits per heavy atom. The van der Waals surface area contributed by atoms with Gasteiger partial charge < -0.3 is 16.2 Å². The maximum atomic E-state index is 12.1. The molecule has 1 amide bonds. The Kier molecular flexibility index (Phi) is 4.04. The average Bonchev–Trinajstić information content (AvgIpc) is 2.42. The lowest BCUT2D eigenvalue weighted by Crippen LogP contribution is -2.13. The Hall–Kier alpha value is -2.04. The number of hydrogen-bond acceptors (Lipinski definition) is 3. The highest BCUT2D eigenvalue weighted by atomic mass is 35.5. The van der Waals surface area contributed by atoms with Crippen LogP contribution in [0.15, 0.2) is 42.5 Å². The molecule has 0 unspecified atom stereocenters. The first-order chi connectivity index (χ1) is 9.11. The van der Waals surface area contributed by atoms with E-state index in [0.717, 1.165) is 0 Å². The van der Waals surface area contributed by atoms with Gasteiger partial charge in [-0.3, -0.25) is 4.79 Å². The van der Waals surface area contributed by atoms with Gasteiger partial charge in [-0.25, -0.2) is 0 Å². The summed E-state index contributed by atoms with van der Waals surface area (Å²) in [6.45, 7) is -0.140. The van der Waals surface area contributed by atoms with Gasteiger partial charge in [-0.15, -0.1) is 0 Å². The minimum Gasteiger partial charge on any atom is -0.398 e. The molecule has 4 nitrogen and oxygen atoms in total. The molecule has 2 rings (SSSR count). The number of rotatable bonds is 3. The fourth-order valence-corrected chi connectivity index (χ4v) is 1.78. The van der Waals surface area contributed by atoms with E-state index in [1.807, 2.05) is 0 Å². The Bertz CT molecular complexity index is 614. The van der Waals surface area contributed by atoms with Gasteiger partial charge in [0.05, 0.1) is 17.3 Å². The fraction of sp³-hybridized carbons (Fsp3) is 0.0714. The van der Waals surface area contributed by atoms with Crippen LogP contribution in [0.1, 0.15) is 15.9 Å². The lowest BCUT2D eigenvalue weighted by atomic mass is 10.1. The molecule has 98 valence electrons. The van der Waals surface area contributed by atoms with Crippen molar-refractivity contribution in [3.8, 4) is 0 Å². The first kappa shape index (κ1) is 13.4. The van der Waals surface area contributed by atoms with Crippen molar-refractivity contribution in [1.29, 1.82) is 0 Å². The lowest BCUT2D eigenvalue weighted by molar-refractivity contribution is 0.102. The number of aliphatic hydroxyl groups is 1. The summed E-state index contributed by atoms with van der Waals surface area (Å²) >= 11 is 5.80. The maximum Gasteiger partial charge on any atom is 0.255 e. The van der Waals surface area contributed by atoms with Crippen LogP contribution in [-0.2, 0) is 6.61 Å². The number of hydrogen-bond donors (Lipinski definition) is 3. The third-order valence-electron chi connectivity index (χ3n) is 2.69. The Balaban J connectivity index is 2.23. The third-order valence-corrected chi connectivity index (χ3v) is 3.04. The van der Waals surface area contributed by atoms with E-state index in [4.69, 9.17) is 17.3 Å². The molecule has 0 radical (unpaired) electrons. The van der Waals surface area contributed by atoms with Crippen molar-refractivity contribution < 1.29 is 9.90 Å². The first-order valence-electron chi connectivity index (χ1n) is 5.67. The van der Waals surface area contributed by atoms with Crippen LogP contribution in [0.2, 0.25) is 5.02 Å². The normalized spacial score (nSPS) is 10.2. The van der Waals surface area contributed by atoms with E-state index < -0.39 is 0 Å². The molecular weight excluding hydrogens is 264 g/mol. The van der Waals surface area contributed by atoms with Crippen LogP contribution in [0.3, 0.4) is 0 Å². The second-order valence-corrected chi connectivity index (χ2v) is 4.41. The van der Waals surface area contributed by atoms with Gasteiger partial charge in [0, 0.05) is 16.8 Å². The molecule has 4 N–H and O–H groups in total. The number of nitrogens with two attached hydrogens (primary N) is 1. The number of aliphatic hydroxyl groups excluding tert-OH is 1. The van der Waals surface area contributed by atoms with E-state index in [1.165, 1.54) is 6.07 Å². The zero-order valence-corrected chi connectivity index (χ0v) is 10.8. The average molecular weight is 277 g/mol. The zero-order valence-electron chi connectivity index (χ0n) is 10.1. The molecule has 0 atom stereocenters. The minimum atomic E-state index is -0.302. The summed E-state index contributed by atoms with van der Waals surface area (Å²) in [4.78, 5) is 12.1. The Morgan fingerprint density at radius 3 is 2.68 bits per heavy atom. The second-order valence-electron chi connectivity index (χ2n) is 4.01. The molecule has 19 heavy (non-hydrogen) atoms. The molecule has 2 aromatic rings. The van der Waals surface area contributed by atoms with Crippen LogP contribution in [-0.4, -0.2) is 11.0 Å². The number of benzene rings is 2. The molecule has 5 heteroatoms. The van der Waals surface area contributed by atoms with Gasteiger partial charge in [-0.05, 0) is 24.3 Å². The van der Waals surface area contributed by atoms with Crippen molar-refractivity contribution in [2.24, 2.45) is 0 Å². The van der Waals surface area contributed by atoms with E-state index in [0.29, 0.717) is 27.5 Å². The molecule has 0 aliphatic heterocycles. The molecular formula is C14H13ClN2O2. The number of nitrogens with one attached hydrogen (secondary N) is 1. The van der Waals surface area contributed by atoms with Crippen molar-refractivity contribution >= 4 is 28.9 Å². The number of para-hydroxylation sites is 1. The summed E-state index contributed by atoms with van der Waals surface area (Å²) in [6, 6.07) is 11.7. The highest BCUT2D eigenvalue weighted by molar-refractivity contribution is 6.33. The van der Waals surface area contributed by atoms with Crippen molar-refractivity contribution in [3.05, 3.63) is 58.6 Å². The Labute approximate surface area is 115 Å². The fourth-order valence-electron chi connectivity index (χ4n) is 1.66. The van der Waals surface area contributed by atoms with Crippen LogP contribution >= 0.6 is 11.6 Å². The predicted octanol–water partition coefficient (Wildman–Crippen LogP) is 2.67. The maximum absolute atomic E-state index is 12.1. The molecule has 0 bridgehead atoms. The lowest BCUT2D eigenvalue weighted by Gasteiger charge is -2.09. The molecule has 0 aliphatic carbocycles. The number of carbonyl (C=O) groups is 1. The number of anilines is 2. The quantitative estimate of drug-likeness (QED) is 0.755. The van der Waals surface area contributed by atoms with Gasteiger partial charge in [-0.2, -0.15) is 0 Å². The topological polar surface area (TPSA) is 75.4 Å². The van der Waals surface area contributed by atoms with Crippen LogP contribution in [0, 0.1) is 0 Å². The summed E-state index contributed by atoms with van der Waals surface area (Å²) in [5, 5.41) is 12.3. The number of halogens is 1. The summed E-state index contributed by atoms with van der Waals surface area (Å²) in [5.41, 5.74) is 7.64. The highest BCUT2D eigenvalue weighted by Gasteiger charge is 2.09. The summed E-state index contributed by atoms with van der Waals surface area (Å²) in [6.07, 6.45) is 0. The monoisotopic (exact) mass is 276 g/mol. The van der Waals surface area contributed by atoms with Gasteiger partial charge in [0.15, 0.2) is 0 Å². The van der Waals surface area contributed by atoms with Gasteiger partial charge >= 0.3 is 0 Å². The largest absolute Gasteiger partial charge is 0.398 e. The molecule has 0 saturated heterocycles. The molecule has 0 aromatic heterocycles. The van der Waals surface area contributed by atoms with Crippen molar-refractivity contribution in [2.75, 3.05) is 11.1 Å². The molecule has 0 saturated carbocycles. The number of carbonyl (C=O) groups excluding carboxylic acids is 1. The third kappa shape index (κ3) is 3.05. The molecule has 0 heterocycles. The predicted molar refractivity (Wildman–Crippen MR) is 76.2 cm³/mol. The number of nitrogen functional groups attached to an aromatic ring is 1. The van der Waals surface area contributed by atoms with Gasteiger partial charge in [0.2, 0.25) is 0 Å². The van der Waals surface area contributed by atoms with Crippen molar-refractivity contribution in [3.63, 3.8) is 0 Å². The second kappa shape index (κ2) is 5.73. The van der Waals surface area contributed by atoms with Crippen LogP contribution < -0.4 is 11.1 Å². The van der Waals surface area contributed by atoms with E-state index >= 15 is 0 Å². The smallest absolute Gasteiger partial charge is 0.255 e. The van der Waals surface area contributed by atoms with Gasteiger partial charge in [0.1, 0.15) is 0 Å². The molecule has 0 aliphatic rings. The molecule has 0 fully saturated rings. The van der Waals surface area contributed by atoms with Crippen LogP contribution in [0.25, 0.3) is 0 Å². The minimum absolute atomic E-state index is 0.140. The van der Waals surface area contributed by atoms with Crippen LogP contribution in [0.5, 0.6) is 0 Å². The SMILES string of the molecule is Nc1cc(C(=O)Nc2ccccc2CO)ccc1Cl. The summed E-state index contributed by atoms with van der Waals surface area (Å²) in [7, 11) is 0. The van der Waals surface area contributed by atoms with E-state index in [2.05, 4.69) is 5.32 Å².